The molecule has 0 spiro atoms. The zero-order chi connectivity index (χ0) is 19.6. The summed E-state index contributed by atoms with van der Waals surface area (Å²) < 4.78 is 27.9. The fourth-order valence-electron chi connectivity index (χ4n) is 2.75. The number of rotatable bonds is 5. The van der Waals surface area contributed by atoms with Crippen LogP contribution in [0.4, 0.5) is 0 Å². The smallest absolute Gasteiger partial charge is 0.348 e. The van der Waals surface area contributed by atoms with E-state index in [1.165, 1.54) is 23.5 Å². The van der Waals surface area contributed by atoms with Crippen LogP contribution < -0.4 is 5.14 Å². The first-order valence-corrected chi connectivity index (χ1v) is 10.7. The van der Waals surface area contributed by atoms with Crippen molar-refractivity contribution >= 4 is 27.3 Å². The lowest BCUT2D eigenvalue weighted by Gasteiger charge is -2.06. The molecule has 3 aromatic rings. The summed E-state index contributed by atoms with van der Waals surface area (Å²) in [5.41, 5.74) is 3.81. The van der Waals surface area contributed by atoms with E-state index in [9.17, 15) is 13.2 Å². The Kier molecular flexibility index (Phi) is 5.46. The van der Waals surface area contributed by atoms with E-state index in [4.69, 9.17) is 9.88 Å². The van der Waals surface area contributed by atoms with Gasteiger partial charge in [-0.05, 0) is 60.4 Å². The molecule has 1 aromatic heterocycles. The molecule has 0 bridgehead atoms. The van der Waals surface area contributed by atoms with E-state index in [0.717, 1.165) is 27.1 Å². The Morgan fingerprint density at radius 1 is 1.04 bits per heavy atom. The fourth-order valence-corrected chi connectivity index (χ4v) is 4.33. The standard InChI is InChI=1S/C20H19NO4S2/c1-3-25-20(22)18-11-13(2)19(26-18)16-6-4-5-15(12-16)14-7-9-17(10-8-14)27(21,23)24/h4-12H,3H2,1-2H3,(H2,21,23,24). The summed E-state index contributed by atoms with van der Waals surface area (Å²) in [6.07, 6.45) is 0. The second kappa shape index (κ2) is 7.64. The van der Waals surface area contributed by atoms with Crippen molar-refractivity contribution in [3.05, 3.63) is 65.0 Å². The zero-order valence-electron chi connectivity index (χ0n) is 14.9. The molecule has 0 aliphatic heterocycles. The Balaban J connectivity index is 1.96. The average molecular weight is 402 g/mol. The maximum absolute atomic E-state index is 12.0. The number of aryl methyl sites for hydroxylation is 1. The van der Waals surface area contributed by atoms with Crippen LogP contribution in [0.25, 0.3) is 21.6 Å². The number of carbonyl (C=O) groups excluding carboxylic acids is 1. The number of nitrogens with two attached hydrogens (primary N) is 1. The van der Waals surface area contributed by atoms with E-state index < -0.39 is 10.0 Å². The lowest BCUT2D eigenvalue weighted by Crippen LogP contribution is -2.11. The number of thiophene rings is 1. The zero-order valence-corrected chi connectivity index (χ0v) is 16.6. The molecular formula is C20H19NO4S2. The Bertz CT molecular complexity index is 1080. The normalized spacial score (nSPS) is 11.4. The van der Waals surface area contributed by atoms with E-state index in [-0.39, 0.29) is 10.9 Å². The van der Waals surface area contributed by atoms with Gasteiger partial charge >= 0.3 is 5.97 Å². The van der Waals surface area contributed by atoms with Gasteiger partial charge in [0.05, 0.1) is 11.5 Å². The van der Waals surface area contributed by atoms with Gasteiger partial charge in [0.2, 0.25) is 10.0 Å². The van der Waals surface area contributed by atoms with E-state index in [1.54, 1.807) is 19.1 Å². The topological polar surface area (TPSA) is 86.5 Å². The second-order valence-electron chi connectivity index (χ2n) is 5.99. The van der Waals surface area contributed by atoms with Gasteiger partial charge in [-0.3, -0.25) is 0 Å². The van der Waals surface area contributed by atoms with Crippen molar-refractivity contribution in [3.63, 3.8) is 0 Å². The number of esters is 1. The van der Waals surface area contributed by atoms with Crippen LogP contribution in [-0.2, 0) is 14.8 Å². The third-order valence-corrected chi connectivity index (χ3v) is 6.23. The summed E-state index contributed by atoms with van der Waals surface area (Å²) in [5, 5.41) is 5.15. The predicted molar refractivity (Wildman–Crippen MR) is 107 cm³/mol. The summed E-state index contributed by atoms with van der Waals surface area (Å²) in [6.45, 7) is 4.08. The summed E-state index contributed by atoms with van der Waals surface area (Å²) in [7, 11) is -3.71. The Labute approximate surface area is 162 Å². The molecule has 3 rings (SSSR count). The minimum Gasteiger partial charge on any atom is -0.462 e. The molecule has 0 unspecified atom stereocenters. The highest BCUT2D eigenvalue weighted by Gasteiger charge is 2.15. The Morgan fingerprint density at radius 2 is 1.70 bits per heavy atom. The molecule has 27 heavy (non-hydrogen) atoms. The van der Waals surface area contributed by atoms with Crippen molar-refractivity contribution in [1.82, 2.24) is 0 Å². The number of sulfonamides is 1. The minimum absolute atomic E-state index is 0.0792. The summed E-state index contributed by atoms with van der Waals surface area (Å²) in [5.74, 6) is -0.313. The highest BCUT2D eigenvalue weighted by molar-refractivity contribution is 7.89. The van der Waals surface area contributed by atoms with Gasteiger partial charge in [-0.15, -0.1) is 11.3 Å². The number of hydrogen-bond acceptors (Lipinski definition) is 5. The van der Waals surface area contributed by atoms with Gasteiger partial charge in [-0.2, -0.15) is 0 Å². The van der Waals surface area contributed by atoms with Crippen LogP contribution in [0.2, 0.25) is 0 Å². The number of carbonyl (C=O) groups is 1. The molecule has 0 aliphatic rings. The maximum Gasteiger partial charge on any atom is 0.348 e. The van der Waals surface area contributed by atoms with Crippen molar-refractivity contribution < 1.29 is 17.9 Å². The molecular weight excluding hydrogens is 382 g/mol. The van der Waals surface area contributed by atoms with Gasteiger partial charge in [0.15, 0.2) is 0 Å². The van der Waals surface area contributed by atoms with E-state index in [0.29, 0.717) is 11.5 Å². The molecule has 2 aromatic carbocycles. The van der Waals surface area contributed by atoms with Crippen molar-refractivity contribution in [2.24, 2.45) is 5.14 Å². The third kappa shape index (κ3) is 4.27. The van der Waals surface area contributed by atoms with Gasteiger partial charge in [0.1, 0.15) is 4.88 Å². The van der Waals surface area contributed by atoms with Gasteiger partial charge < -0.3 is 4.74 Å². The monoisotopic (exact) mass is 401 g/mol. The molecule has 1 heterocycles. The molecule has 7 heteroatoms. The van der Waals surface area contributed by atoms with Gasteiger partial charge in [-0.1, -0.05) is 30.3 Å². The van der Waals surface area contributed by atoms with E-state index in [2.05, 4.69) is 0 Å². The molecule has 0 amide bonds. The predicted octanol–water partition coefficient (Wildman–Crippen LogP) is 4.21. The molecule has 0 atom stereocenters. The fraction of sp³-hybridized carbons (Fsp3) is 0.150. The summed E-state index contributed by atoms with van der Waals surface area (Å²) >= 11 is 1.40. The van der Waals surface area contributed by atoms with E-state index in [1.807, 2.05) is 37.3 Å². The first-order valence-electron chi connectivity index (χ1n) is 8.31. The largest absolute Gasteiger partial charge is 0.462 e. The van der Waals surface area contributed by atoms with E-state index >= 15 is 0 Å². The molecule has 140 valence electrons. The van der Waals surface area contributed by atoms with Crippen molar-refractivity contribution in [2.45, 2.75) is 18.7 Å². The first-order chi connectivity index (χ1) is 12.8. The van der Waals surface area contributed by atoms with Crippen molar-refractivity contribution in [3.8, 4) is 21.6 Å². The molecule has 0 fully saturated rings. The number of primary sulfonamides is 1. The lowest BCUT2D eigenvalue weighted by molar-refractivity contribution is 0.0532. The van der Waals surface area contributed by atoms with Gasteiger partial charge in [0, 0.05) is 4.88 Å². The highest BCUT2D eigenvalue weighted by Crippen LogP contribution is 2.35. The van der Waals surface area contributed by atoms with Crippen LogP contribution in [0.1, 0.15) is 22.2 Å². The van der Waals surface area contributed by atoms with Crippen LogP contribution >= 0.6 is 11.3 Å². The quantitative estimate of drug-likeness (QED) is 0.649. The van der Waals surface area contributed by atoms with Gasteiger partial charge in [0.25, 0.3) is 0 Å². The second-order valence-corrected chi connectivity index (χ2v) is 8.61. The maximum atomic E-state index is 12.0. The molecule has 2 N–H and O–H groups in total. The van der Waals surface area contributed by atoms with Crippen molar-refractivity contribution in [1.29, 1.82) is 0 Å². The summed E-state index contributed by atoms with van der Waals surface area (Å²) in [4.78, 5) is 13.6. The van der Waals surface area contributed by atoms with Crippen LogP contribution in [-0.4, -0.2) is 21.0 Å². The Morgan fingerprint density at radius 3 is 2.33 bits per heavy atom. The third-order valence-electron chi connectivity index (χ3n) is 4.04. The summed E-state index contributed by atoms with van der Waals surface area (Å²) in [6, 6.07) is 16.2. The Hall–Kier alpha value is -2.48. The van der Waals surface area contributed by atoms with Crippen LogP contribution in [0.5, 0.6) is 0 Å². The minimum atomic E-state index is -3.71. The molecule has 5 nitrogen and oxygen atoms in total. The molecule has 0 saturated heterocycles. The highest BCUT2D eigenvalue weighted by atomic mass is 32.2. The van der Waals surface area contributed by atoms with Crippen LogP contribution in [0, 0.1) is 6.92 Å². The van der Waals surface area contributed by atoms with Crippen molar-refractivity contribution in [2.75, 3.05) is 6.61 Å². The van der Waals surface area contributed by atoms with Gasteiger partial charge in [-0.25, -0.2) is 18.4 Å². The molecule has 0 radical (unpaired) electrons. The molecule has 0 saturated carbocycles. The van der Waals surface area contributed by atoms with Crippen LogP contribution in [0.15, 0.2) is 59.5 Å². The number of ether oxygens (including phenoxy) is 1. The molecule has 0 aliphatic carbocycles. The average Bonchev–Trinajstić information content (AvgIpc) is 3.03. The van der Waals surface area contributed by atoms with Crippen LogP contribution in [0.3, 0.4) is 0 Å². The SMILES string of the molecule is CCOC(=O)c1cc(C)c(-c2cccc(-c3ccc(S(N)(=O)=O)cc3)c2)s1. The number of hydrogen-bond donors (Lipinski definition) is 1. The lowest BCUT2D eigenvalue weighted by atomic mass is 10.0. The number of benzene rings is 2. The first kappa shape index (κ1) is 19.3.